The van der Waals surface area contributed by atoms with Crippen LogP contribution in [0.3, 0.4) is 0 Å². The summed E-state index contributed by atoms with van der Waals surface area (Å²) in [4.78, 5) is 28.5. The van der Waals surface area contributed by atoms with Crippen LogP contribution < -0.4 is 19.5 Å². The van der Waals surface area contributed by atoms with E-state index in [9.17, 15) is 9.59 Å². The zero-order valence-corrected chi connectivity index (χ0v) is 18.4. The maximum absolute atomic E-state index is 12.8. The molecule has 0 saturated carbocycles. The summed E-state index contributed by atoms with van der Waals surface area (Å²) in [5.41, 5.74) is 0.0827. The predicted octanol–water partition coefficient (Wildman–Crippen LogP) is 3.37. The van der Waals surface area contributed by atoms with Crippen molar-refractivity contribution in [2.45, 2.75) is 45.2 Å². The van der Waals surface area contributed by atoms with Crippen LogP contribution in [0.25, 0.3) is 0 Å². The van der Waals surface area contributed by atoms with Gasteiger partial charge in [-0.2, -0.15) is 4.99 Å². The summed E-state index contributed by atoms with van der Waals surface area (Å²) in [6.07, 6.45) is 3.07. The molecule has 0 radical (unpaired) electrons. The third-order valence-electron chi connectivity index (χ3n) is 4.41. The van der Waals surface area contributed by atoms with Crippen molar-refractivity contribution in [2.75, 3.05) is 13.7 Å². The number of ether oxygens (including phenoxy) is 2. The Morgan fingerprint density at radius 3 is 2.76 bits per heavy atom. The Labute approximate surface area is 178 Å². The maximum Gasteiger partial charge on any atom is 0.282 e. The van der Waals surface area contributed by atoms with E-state index in [1.807, 2.05) is 10.2 Å². The zero-order chi connectivity index (χ0) is 21.2. The Hall–Kier alpha value is -2.32. The average molecular weight is 438 g/mol. The van der Waals surface area contributed by atoms with Crippen molar-refractivity contribution >= 4 is 34.9 Å². The fraction of sp³-hybridized carbons (Fsp3) is 0.450. The van der Waals surface area contributed by atoms with E-state index in [1.165, 1.54) is 24.7 Å². The van der Waals surface area contributed by atoms with Crippen LogP contribution in [-0.2, 0) is 10.3 Å². The van der Waals surface area contributed by atoms with Gasteiger partial charge in [-0.1, -0.05) is 11.6 Å². The quantitative estimate of drug-likeness (QED) is 0.777. The smallest absolute Gasteiger partial charge is 0.282 e. The second kappa shape index (κ2) is 8.59. The number of benzene rings is 1. The number of hydrogen-bond acceptors (Lipinski definition) is 5. The molecule has 0 unspecified atom stereocenters. The highest BCUT2D eigenvalue weighted by Gasteiger charge is 2.23. The first-order chi connectivity index (χ1) is 13.7. The molecule has 2 aromatic rings. The monoisotopic (exact) mass is 437 g/mol. The van der Waals surface area contributed by atoms with Gasteiger partial charge in [0.25, 0.3) is 5.91 Å². The van der Waals surface area contributed by atoms with Gasteiger partial charge in [-0.05, 0) is 56.9 Å². The van der Waals surface area contributed by atoms with Gasteiger partial charge in [0.15, 0.2) is 10.4 Å². The number of carbonyl (C=O) groups is 2. The molecular formula is C20H24ClN3O4S. The van der Waals surface area contributed by atoms with Crippen LogP contribution in [0.2, 0.25) is 5.02 Å². The SMILES string of the molecule is COc1ccc(Cl)cc1C(=O)N=c1sn(C(C)(C)C)cc1OC[C@H]1CCC(=O)N1. The Kier molecular flexibility index (Phi) is 6.33. The lowest BCUT2D eigenvalue weighted by Gasteiger charge is -2.19. The van der Waals surface area contributed by atoms with Gasteiger partial charge in [-0.15, -0.1) is 0 Å². The average Bonchev–Trinajstić information content (AvgIpc) is 3.25. The molecule has 0 spiro atoms. The highest BCUT2D eigenvalue weighted by molar-refractivity contribution is 7.04. The molecule has 1 aliphatic rings. The summed E-state index contributed by atoms with van der Waals surface area (Å²) in [6.45, 7) is 6.48. The summed E-state index contributed by atoms with van der Waals surface area (Å²) < 4.78 is 13.6. The maximum atomic E-state index is 12.8. The molecule has 1 aromatic heterocycles. The molecule has 3 rings (SSSR count). The molecule has 9 heteroatoms. The van der Waals surface area contributed by atoms with E-state index < -0.39 is 5.91 Å². The summed E-state index contributed by atoms with van der Waals surface area (Å²) in [5, 5.41) is 3.30. The predicted molar refractivity (Wildman–Crippen MR) is 112 cm³/mol. The number of nitrogens with zero attached hydrogens (tertiary/aromatic N) is 2. The van der Waals surface area contributed by atoms with Gasteiger partial charge in [-0.3, -0.25) is 13.5 Å². The second-order valence-corrected chi connectivity index (χ2v) is 9.16. The minimum absolute atomic E-state index is 0.0295. The summed E-state index contributed by atoms with van der Waals surface area (Å²) in [7, 11) is 1.49. The van der Waals surface area contributed by atoms with Gasteiger partial charge in [0.2, 0.25) is 5.91 Å². The number of aromatic nitrogens is 1. The van der Waals surface area contributed by atoms with E-state index in [1.54, 1.807) is 12.1 Å². The van der Waals surface area contributed by atoms with Crippen LogP contribution in [0.15, 0.2) is 29.4 Å². The number of hydrogen-bond donors (Lipinski definition) is 1. The van der Waals surface area contributed by atoms with Crippen LogP contribution in [-0.4, -0.2) is 35.5 Å². The van der Waals surface area contributed by atoms with Crippen LogP contribution in [0.4, 0.5) is 0 Å². The lowest BCUT2D eigenvalue weighted by atomic mass is 10.1. The molecule has 1 atom stereocenters. The first-order valence-electron chi connectivity index (χ1n) is 9.25. The fourth-order valence-corrected chi connectivity index (χ4v) is 3.93. The molecule has 1 saturated heterocycles. The topological polar surface area (TPSA) is 81.9 Å². The highest BCUT2D eigenvalue weighted by Crippen LogP contribution is 2.24. The van der Waals surface area contributed by atoms with Gasteiger partial charge in [0.1, 0.15) is 12.4 Å². The third kappa shape index (κ3) is 5.19. The van der Waals surface area contributed by atoms with Crippen molar-refractivity contribution < 1.29 is 19.1 Å². The number of methoxy groups -OCH3 is 1. The van der Waals surface area contributed by atoms with Gasteiger partial charge in [0, 0.05) is 17.0 Å². The van der Waals surface area contributed by atoms with Crippen molar-refractivity contribution in [1.82, 2.24) is 9.27 Å². The molecule has 1 fully saturated rings. The summed E-state index contributed by atoms with van der Waals surface area (Å²) >= 11 is 7.37. The molecule has 7 nitrogen and oxygen atoms in total. The van der Waals surface area contributed by atoms with E-state index in [4.69, 9.17) is 21.1 Å². The van der Waals surface area contributed by atoms with Crippen molar-refractivity contribution in [1.29, 1.82) is 0 Å². The zero-order valence-electron chi connectivity index (χ0n) is 16.8. The second-order valence-electron chi connectivity index (χ2n) is 7.76. The number of rotatable bonds is 5. The Morgan fingerprint density at radius 2 is 2.14 bits per heavy atom. The lowest BCUT2D eigenvalue weighted by Crippen LogP contribution is -2.31. The standard InChI is InChI=1S/C20H24ClN3O4S/c1-20(2,3)24-10-16(28-11-13-6-8-17(25)22-13)19(29-24)23-18(26)14-9-12(21)5-7-15(14)27-4/h5,7,9-10,13H,6,8,11H2,1-4H3,(H,22,25)/t13-/m1/s1. The molecule has 0 aliphatic carbocycles. The van der Waals surface area contributed by atoms with Gasteiger partial charge >= 0.3 is 0 Å². The molecule has 1 aromatic carbocycles. The highest BCUT2D eigenvalue weighted by atomic mass is 35.5. The Balaban J connectivity index is 1.94. The van der Waals surface area contributed by atoms with Crippen LogP contribution in [0, 0.1) is 0 Å². The van der Waals surface area contributed by atoms with Gasteiger partial charge < -0.3 is 14.8 Å². The number of carbonyl (C=O) groups excluding carboxylic acids is 2. The van der Waals surface area contributed by atoms with E-state index in [-0.39, 0.29) is 23.1 Å². The summed E-state index contributed by atoms with van der Waals surface area (Å²) in [6, 6.07) is 4.78. The van der Waals surface area contributed by atoms with Crippen molar-refractivity contribution in [2.24, 2.45) is 4.99 Å². The molecular weight excluding hydrogens is 414 g/mol. The lowest BCUT2D eigenvalue weighted by molar-refractivity contribution is -0.119. The van der Waals surface area contributed by atoms with Crippen LogP contribution >= 0.6 is 23.1 Å². The van der Waals surface area contributed by atoms with Crippen molar-refractivity contribution in [3.8, 4) is 11.5 Å². The third-order valence-corrected chi connectivity index (χ3v) is 5.96. The summed E-state index contributed by atoms with van der Waals surface area (Å²) in [5.74, 6) is 0.466. The number of nitrogens with one attached hydrogen (secondary N) is 1. The van der Waals surface area contributed by atoms with Gasteiger partial charge in [0.05, 0.1) is 24.9 Å². The van der Waals surface area contributed by atoms with E-state index in [2.05, 4.69) is 31.1 Å². The minimum atomic E-state index is -0.466. The first-order valence-corrected chi connectivity index (χ1v) is 10.4. The van der Waals surface area contributed by atoms with Crippen molar-refractivity contribution in [3.05, 3.63) is 39.7 Å². The first kappa shape index (κ1) is 21.4. The molecule has 2 heterocycles. The number of halogens is 1. The molecule has 2 amide bonds. The fourth-order valence-electron chi connectivity index (χ4n) is 2.82. The molecule has 156 valence electrons. The van der Waals surface area contributed by atoms with E-state index >= 15 is 0 Å². The molecule has 1 N–H and O–H groups in total. The molecule has 29 heavy (non-hydrogen) atoms. The Morgan fingerprint density at radius 1 is 1.38 bits per heavy atom. The van der Waals surface area contributed by atoms with Crippen LogP contribution in [0.5, 0.6) is 11.5 Å². The largest absolute Gasteiger partial charge is 0.496 e. The van der Waals surface area contributed by atoms with E-state index in [0.717, 1.165) is 6.42 Å². The minimum Gasteiger partial charge on any atom is -0.496 e. The molecule has 1 aliphatic heterocycles. The number of amides is 2. The molecule has 0 bridgehead atoms. The van der Waals surface area contributed by atoms with Gasteiger partial charge in [-0.25, -0.2) is 0 Å². The van der Waals surface area contributed by atoms with Crippen molar-refractivity contribution in [3.63, 3.8) is 0 Å². The van der Waals surface area contributed by atoms with Crippen LogP contribution in [0.1, 0.15) is 44.0 Å². The normalized spacial score (nSPS) is 17.3. The van der Waals surface area contributed by atoms with E-state index in [0.29, 0.717) is 34.2 Å². The Bertz CT molecular complexity index is 990.